The predicted molar refractivity (Wildman–Crippen MR) is 120 cm³/mol. The zero-order chi connectivity index (χ0) is 22.9. The molecule has 0 spiro atoms. The quantitative estimate of drug-likeness (QED) is 0.179. The van der Waals surface area contributed by atoms with Gasteiger partial charge in [0, 0.05) is 18.4 Å². The molecule has 2 rings (SSSR count). The highest BCUT2D eigenvalue weighted by molar-refractivity contribution is 5.22. The smallest absolute Gasteiger partial charge is 0.200 e. The number of nitrogens with two attached hydrogens (primary N) is 1. The Labute approximate surface area is 187 Å². The van der Waals surface area contributed by atoms with Gasteiger partial charge in [-0.05, 0) is 12.8 Å². The van der Waals surface area contributed by atoms with Crippen LogP contribution in [0.4, 0.5) is 0 Å². The number of fused-ring (bicyclic) bond motifs is 1. The Kier molecular flexibility index (Phi) is 10.9. The lowest BCUT2D eigenvalue weighted by molar-refractivity contribution is -0.382. The van der Waals surface area contributed by atoms with Gasteiger partial charge in [-0.2, -0.15) is 0 Å². The van der Waals surface area contributed by atoms with E-state index in [-0.39, 0.29) is 6.42 Å². The van der Waals surface area contributed by atoms with Crippen LogP contribution in [0.5, 0.6) is 0 Å². The minimum atomic E-state index is -2.12. The Bertz CT molecular complexity index is 546. The molecule has 1 aliphatic heterocycles. The molecule has 0 aromatic rings. The average molecular weight is 444 g/mol. The van der Waals surface area contributed by atoms with Gasteiger partial charge < -0.3 is 36.0 Å². The second-order valence-corrected chi connectivity index (χ2v) is 9.53. The first-order chi connectivity index (χ1) is 14.8. The third kappa shape index (κ3) is 6.28. The van der Waals surface area contributed by atoms with Crippen LogP contribution >= 0.6 is 0 Å². The molecule has 3 unspecified atom stereocenters. The fourth-order valence-corrected chi connectivity index (χ4v) is 5.16. The molecule has 0 amide bonds. The Morgan fingerprint density at radius 1 is 0.935 bits per heavy atom. The summed E-state index contributed by atoms with van der Waals surface area (Å²) in [4.78, 5) is 0. The van der Waals surface area contributed by atoms with E-state index in [0.29, 0.717) is 0 Å². The summed E-state index contributed by atoms with van der Waals surface area (Å²) in [7, 11) is 0. The van der Waals surface area contributed by atoms with E-state index < -0.39 is 48.3 Å². The van der Waals surface area contributed by atoms with Crippen molar-refractivity contribution < 1.29 is 30.3 Å². The summed E-state index contributed by atoms with van der Waals surface area (Å²) in [6.45, 7) is 1.66. The molecule has 7 heteroatoms. The number of hydrogen-bond donors (Lipinski definition) is 6. The lowest BCUT2D eigenvalue weighted by atomic mass is 9.75. The highest BCUT2D eigenvalue weighted by Gasteiger charge is 2.71. The maximum absolute atomic E-state index is 11.1. The lowest BCUT2D eigenvalue weighted by Gasteiger charge is -2.51. The van der Waals surface area contributed by atoms with Gasteiger partial charge in [-0.15, -0.1) is 0 Å². The van der Waals surface area contributed by atoms with Crippen molar-refractivity contribution in [3.05, 3.63) is 12.2 Å². The standard InChI is InChI=1S/C24H45NO6/c1-2-3-4-5-6-7-8-9-10-11-12-13-14-15-18-19(25)16-23(29)24(18,30)22(28)21(27)20(17-26)31-23/h14-15,18-22,26-30H,2-13,16-17,25H2,1H3/b15-14+/t18?,19?,20-,21-,22+,23?,24-/m1/s1. The minimum Gasteiger partial charge on any atom is -0.394 e. The topological polar surface area (TPSA) is 136 Å². The summed E-state index contributed by atoms with van der Waals surface area (Å²) >= 11 is 0. The largest absolute Gasteiger partial charge is 0.394 e. The summed E-state index contributed by atoms with van der Waals surface area (Å²) in [5.41, 5.74) is 4.02. The fourth-order valence-electron chi connectivity index (χ4n) is 5.16. The van der Waals surface area contributed by atoms with Gasteiger partial charge >= 0.3 is 0 Å². The predicted octanol–water partition coefficient (Wildman–Crippen LogP) is 2.12. The van der Waals surface area contributed by atoms with Gasteiger partial charge in [0.2, 0.25) is 0 Å². The highest BCUT2D eigenvalue weighted by Crippen LogP contribution is 2.51. The number of aliphatic hydroxyl groups excluding tert-OH is 3. The number of unbranched alkanes of at least 4 members (excludes halogenated alkanes) is 11. The molecule has 1 saturated heterocycles. The molecule has 182 valence electrons. The van der Waals surface area contributed by atoms with Crippen molar-refractivity contribution in [2.24, 2.45) is 11.7 Å². The number of hydrogen-bond acceptors (Lipinski definition) is 7. The zero-order valence-corrected chi connectivity index (χ0v) is 19.2. The average Bonchev–Trinajstić information content (AvgIpc) is 2.94. The van der Waals surface area contributed by atoms with E-state index in [1.54, 1.807) is 6.08 Å². The zero-order valence-electron chi connectivity index (χ0n) is 19.2. The molecule has 7 N–H and O–H groups in total. The number of rotatable bonds is 14. The molecule has 7 atom stereocenters. The summed E-state index contributed by atoms with van der Waals surface area (Å²) in [5, 5.41) is 52.0. The van der Waals surface area contributed by atoms with Crippen molar-refractivity contribution in [1.82, 2.24) is 0 Å². The van der Waals surface area contributed by atoms with Crippen LogP contribution in [0.3, 0.4) is 0 Å². The van der Waals surface area contributed by atoms with E-state index in [0.717, 1.165) is 19.3 Å². The van der Waals surface area contributed by atoms with Gasteiger partial charge in [0.1, 0.15) is 18.3 Å². The molecule has 2 fully saturated rings. The molecular weight excluding hydrogens is 398 g/mol. The van der Waals surface area contributed by atoms with Crippen LogP contribution in [-0.4, -0.2) is 67.9 Å². The first kappa shape index (κ1) is 26.7. The van der Waals surface area contributed by atoms with E-state index in [1.165, 1.54) is 57.8 Å². The van der Waals surface area contributed by atoms with Crippen LogP contribution in [0.15, 0.2) is 12.2 Å². The lowest BCUT2D eigenvalue weighted by Crippen LogP contribution is -2.72. The van der Waals surface area contributed by atoms with Crippen LogP contribution in [-0.2, 0) is 4.74 Å². The number of ether oxygens (including phenoxy) is 1. The van der Waals surface area contributed by atoms with Crippen LogP contribution in [0.25, 0.3) is 0 Å². The summed E-state index contributed by atoms with van der Waals surface area (Å²) in [6, 6.07) is -0.636. The molecule has 0 aromatic carbocycles. The van der Waals surface area contributed by atoms with E-state index in [2.05, 4.69) is 6.92 Å². The third-order valence-electron chi connectivity index (χ3n) is 7.11. The van der Waals surface area contributed by atoms with Gasteiger partial charge in [-0.25, -0.2) is 0 Å². The van der Waals surface area contributed by atoms with Crippen molar-refractivity contribution in [2.45, 2.75) is 126 Å². The SMILES string of the molecule is CCCCCCCCCCCCC/C=C/C1C(N)CC2(O)O[C@H](CO)[C@@H](O)[C@H](O)[C@]12O. The molecule has 0 radical (unpaired) electrons. The molecule has 0 bridgehead atoms. The minimum absolute atomic E-state index is 0.0861. The first-order valence-electron chi connectivity index (χ1n) is 12.3. The van der Waals surface area contributed by atoms with Crippen molar-refractivity contribution >= 4 is 0 Å². The van der Waals surface area contributed by atoms with E-state index >= 15 is 0 Å². The van der Waals surface area contributed by atoms with Crippen molar-refractivity contribution in [3.63, 3.8) is 0 Å². The summed E-state index contributed by atoms with van der Waals surface area (Å²) < 4.78 is 5.38. The normalized spacial score (nSPS) is 38.1. The Morgan fingerprint density at radius 2 is 1.48 bits per heavy atom. The Balaban J connectivity index is 1.71. The fraction of sp³-hybridized carbons (Fsp3) is 0.917. The number of allylic oxidation sites excluding steroid dienone is 1. The van der Waals surface area contributed by atoms with Crippen molar-refractivity contribution in [2.75, 3.05) is 6.61 Å². The molecule has 1 aliphatic carbocycles. The summed E-state index contributed by atoms with van der Waals surface area (Å²) in [6.07, 6.45) is 14.1. The summed E-state index contributed by atoms with van der Waals surface area (Å²) in [5.74, 6) is -2.86. The Hall–Kier alpha value is -0.540. The van der Waals surface area contributed by atoms with Crippen LogP contribution in [0.2, 0.25) is 0 Å². The number of aliphatic hydroxyl groups is 5. The van der Waals surface area contributed by atoms with Gasteiger partial charge in [-0.1, -0.05) is 83.3 Å². The highest BCUT2D eigenvalue weighted by atomic mass is 16.7. The molecule has 1 saturated carbocycles. The first-order valence-corrected chi connectivity index (χ1v) is 12.3. The van der Waals surface area contributed by atoms with Crippen molar-refractivity contribution in [1.29, 1.82) is 0 Å². The van der Waals surface area contributed by atoms with E-state index in [1.807, 2.05) is 6.08 Å². The molecule has 7 nitrogen and oxygen atoms in total. The van der Waals surface area contributed by atoms with Gasteiger partial charge in [0.05, 0.1) is 6.61 Å². The van der Waals surface area contributed by atoms with Gasteiger partial charge in [0.25, 0.3) is 0 Å². The second-order valence-electron chi connectivity index (χ2n) is 9.53. The van der Waals surface area contributed by atoms with Crippen LogP contribution < -0.4 is 5.73 Å². The Morgan fingerprint density at radius 3 is 2.03 bits per heavy atom. The van der Waals surface area contributed by atoms with Crippen LogP contribution in [0, 0.1) is 5.92 Å². The molecule has 2 aliphatic rings. The van der Waals surface area contributed by atoms with Gasteiger partial charge in [-0.3, -0.25) is 0 Å². The molecule has 0 aromatic heterocycles. The van der Waals surface area contributed by atoms with Gasteiger partial charge in [0.15, 0.2) is 11.4 Å². The molecule has 31 heavy (non-hydrogen) atoms. The second kappa shape index (κ2) is 12.6. The third-order valence-corrected chi connectivity index (χ3v) is 7.11. The van der Waals surface area contributed by atoms with Crippen LogP contribution in [0.1, 0.15) is 90.4 Å². The van der Waals surface area contributed by atoms with E-state index in [9.17, 15) is 25.5 Å². The maximum Gasteiger partial charge on any atom is 0.200 e. The molecular formula is C24H45NO6. The monoisotopic (exact) mass is 443 g/mol. The van der Waals surface area contributed by atoms with E-state index in [4.69, 9.17) is 10.5 Å². The maximum atomic E-state index is 11.1. The molecule has 1 heterocycles. The van der Waals surface area contributed by atoms with Crippen molar-refractivity contribution in [3.8, 4) is 0 Å².